The maximum absolute atomic E-state index is 12.6. The van der Waals surface area contributed by atoms with Gasteiger partial charge >= 0.3 is 5.97 Å². The number of rotatable bonds is 7. The van der Waals surface area contributed by atoms with E-state index in [9.17, 15) is 14.4 Å². The molecule has 2 saturated heterocycles. The Balaban J connectivity index is 1.36. The first-order chi connectivity index (χ1) is 15.6. The van der Waals surface area contributed by atoms with Crippen molar-refractivity contribution >= 4 is 40.9 Å². The molecule has 0 saturated carbocycles. The van der Waals surface area contributed by atoms with E-state index in [2.05, 4.69) is 21.4 Å². The largest absolute Gasteiger partial charge is 0.462 e. The molecule has 0 aromatic heterocycles. The average molecular weight is 456 g/mol. The molecule has 2 amide bonds. The normalized spacial score (nSPS) is 22.1. The number of carbonyl (C=O) groups is 3. The van der Waals surface area contributed by atoms with Crippen LogP contribution in [0.1, 0.15) is 17.3 Å². The molecule has 2 heterocycles. The van der Waals surface area contributed by atoms with Crippen LogP contribution in [0, 0.1) is 5.92 Å². The predicted octanol–water partition coefficient (Wildman–Crippen LogP) is 1.51. The zero-order chi connectivity index (χ0) is 22.5. The van der Waals surface area contributed by atoms with E-state index in [1.54, 1.807) is 31.2 Å². The van der Waals surface area contributed by atoms with Crippen molar-refractivity contribution in [3.63, 3.8) is 0 Å². The lowest BCUT2D eigenvalue weighted by atomic mass is 10.1. The number of hydrazine groups is 1. The maximum atomic E-state index is 12.6. The third kappa shape index (κ3) is 4.87. The third-order valence-corrected chi connectivity index (χ3v) is 6.20. The Hall–Kier alpha value is -3.08. The second kappa shape index (κ2) is 10.0. The standard InChI is InChI=1S/C22H25N5O4S/c1-2-31-21(30)15-10-6-7-11-17(15)24-18(28)13-32-22-25-19-16(20(29)26-22)12-23-27(19)14-8-4-3-5-9-14/h3-11,16,19,22-23,25H,2,12-13H2,1H3,(H,24,28)(H,26,29). The lowest BCUT2D eigenvalue weighted by Crippen LogP contribution is -2.63. The molecule has 2 aromatic carbocycles. The van der Waals surface area contributed by atoms with E-state index in [4.69, 9.17) is 4.74 Å². The van der Waals surface area contributed by atoms with Gasteiger partial charge < -0.3 is 15.4 Å². The maximum Gasteiger partial charge on any atom is 0.340 e. The molecule has 32 heavy (non-hydrogen) atoms. The SMILES string of the molecule is CCOC(=O)c1ccccc1NC(=O)CSC1NC(=O)C2CNN(c3ccccc3)C2N1. The Labute approximate surface area is 190 Å². The van der Waals surface area contributed by atoms with Crippen molar-refractivity contribution in [3.05, 3.63) is 60.2 Å². The molecular formula is C22H25N5O4S. The highest BCUT2D eigenvalue weighted by Gasteiger charge is 2.44. The van der Waals surface area contributed by atoms with E-state index in [1.807, 2.05) is 35.3 Å². The van der Waals surface area contributed by atoms with Crippen LogP contribution in [0.3, 0.4) is 0 Å². The summed E-state index contributed by atoms with van der Waals surface area (Å²) >= 11 is 1.27. The first kappa shape index (κ1) is 22.1. The van der Waals surface area contributed by atoms with Crippen LogP contribution in [-0.2, 0) is 14.3 Å². The molecular weight excluding hydrogens is 430 g/mol. The van der Waals surface area contributed by atoms with Gasteiger partial charge in [-0.3, -0.25) is 19.9 Å². The van der Waals surface area contributed by atoms with Crippen LogP contribution < -0.4 is 26.4 Å². The first-order valence-electron chi connectivity index (χ1n) is 10.4. The highest BCUT2D eigenvalue weighted by Crippen LogP contribution is 2.27. The number of ether oxygens (including phenoxy) is 1. The van der Waals surface area contributed by atoms with Crippen LogP contribution in [-0.4, -0.2) is 48.4 Å². The number of para-hydroxylation sites is 2. The number of amides is 2. The monoisotopic (exact) mass is 455 g/mol. The fourth-order valence-electron chi connectivity index (χ4n) is 3.70. The van der Waals surface area contributed by atoms with E-state index >= 15 is 0 Å². The van der Waals surface area contributed by atoms with Crippen molar-refractivity contribution in [1.29, 1.82) is 0 Å². The van der Waals surface area contributed by atoms with Crippen LogP contribution in [0.2, 0.25) is 0 Å². The van der Waals surface area contributed by atoms with Crippen LogP contribution >= 0.6 is 11.8 Å². The molecule has 4 rings (SSSR count). The molecule has 2 aromatic rings. The van der Waals surface area contributed by atoms with Gasteiger partial charge in [0.1, 0.15) is 11.7 Å². The molecule has 4 N–H and O–H groups in total. The second-order valence-electron chi connectivity index (χ2n) is 7.30. The average Bonchev–Trinajstić information content (AvgIpc) is 3.23. The topological polar surface area (TPSA) is 112 Å². The zero-order valence-electron chi connectivity index (χ0n) is 17.5. The van der Waals surface area contributed by atoms with E-state index in [-0.39, 0.29) is 36.3 Å². The van der Waals surface area contributed by atoms with Crippen LogP contribution in [0.5, 0.6) is 0 Å². The molecule has 9 nitrogen and oxygen atoms in total. The molecule has 3 atom stereocenters. The molecule has 168 valence electrons. The number of thioether (sulfide) groups is 1. The lowest BCUT2D eigenvalue weighted by molar-refractivity contribution is -0.127. The Bertz CT molecular complexity index is 989. The van der Waals surface area contributed by atoms with Gasteiger partial charge in [0.25, 0.3) is 0 Å². The summed E-state index contributed by atoms with van der Waals surface area (Å²) < 4.78 is 5.04. The highest BCUT2D eigenvalue weighted by molar-refractivity contribution is 8.00. The van der Waals surface area contributed by atoms with E-state index in [0.29, 0.717) is 17.8 Å². The molecule has 0 spiro atoms. The second-order valence-corrected chi connectivity index (χ2v) is 8.39. The van der Waals surface area contributed by atoms with Gasteiger partial charge in [-0.25, -0.2) is 10.2 Å². The Morgan fingerprint density at radius 3 is 2.69 bits per heavy atom. The Morgan fingerprint density at radius 2 is 1.91 bits per heavy atom. The van der Waals surface area contributed by atoms with Gasteiger partial charge in [-0.15, -0.1) is 11.8 Å². The number of fused-ring (bicyclic) bond motifs is 1. The van der Waals surface area contributed by atoms with Gasteiger partial charge in [-0.05, 0) is 31.2 Å². The summed E-state index contributed by atoms with van der Waals surface area (Å²) in [7, 11) is 0. The summed E-state index contributed by atoms with van der Waals surface area (Å²) in [6.07, 6.45) is -0.226. The summed E-state index contributed by atoms with van der Waals surface area (Å²) in [4.78, 5) is 37.2. The number of nitrogens with zero attached hydrogens (tertiary/aromatic N) is 1. The van der Waals surface area contributed by atoms with Gasteiger partial charge in [-0.1, -0.05) is 30.3 Å². The molecule has 2 aliphatic heterocycles. The molecule has 2 aliphatic rings. The minimum Gasteiger partial charge on any atom is -0.462 e. The zero-order valence-corrected chi connectivity index (χ0v) is 18.4. The van der Waals surface area contributed by atoms with Crippen molar-refractivity contribution in [3.8, 4) is 0 Å². The first-order valence-corrected chi connectivity index (χ1v) is 11.4. The van der Waals surface area contributed by atoms with Gasteiger partial charge in [0.05, 0.1) is 35.2 Å². The number of hydrogen-bond donors (Lipinski definition) is 4. The minimum atomic E-state index is -0.488. The number of benzene rings is 2. The molecule has 0 radical (unpaired) electrons. The molecule has 0 bridgehead atoms. The molecule has 3 unspecified atom stereocenters. The Kier molecular flexibility index (Phi) is 6.93. The van der Waals surface area contributed by atoms with E-state index in [1.165, 1.54) is 11.8 Å². The third-order valence-electron chi connectivity index (χ3n) is 5.19. The van der Waals surface area contributed by atoms with Crippen LogP contribution in [0.4, 0.5) is 11.4 Å². The summed E-state index contributed by atoms with van der Waals surface area (Å²) in [6.45, 7) is 2.51. The summed E-state index contributed by atoms with van der Waals surface area (Å²) in [5.74, 6) is -0.986. The smallest absolute Gasteiger partial charge is 0.340 e. The summed E-state index contributed by atoms with van der Waals surface area (Å²) in [6, 6.07) is 16.5. The van der Waals surface area contributed by atoms with Crippen LogP contribution in [0.15, 0.2) is 54.6 Å². The highest BCUT2D eigenvalue weighted by atomic mass is 32.2. The van der Waals surface area contributed by atoms with Crippen molar-refractivity contribution < 1.29 is 19.1 Å². The van der Waals surface area contributed by atoms with Gasteiger partial charge in [0, 0.05) is 6.54 Å². The fourth-order valence-corrected chi connectivity index (χ4v) is 4.53. The van der Waals surface area contributed by atoms with Crippen molar-refractivity contribution in [1.82, 2.24) is 16.1 Å². The number of nitrogens with one attached hydrogen (secondary N) is 4. The Morgan fingerprint density at radius 1 is 1.16 bits per heavy atom. The number of hydrogen-bond acceptors (Lipinski definition) is 8. The van der Waals surface area contributed by atoms with Gasteiger partial charge in [-0.2, -0.15) is 0 Å². The van der Waals surface area contributed by atoms with E-state index in [0.717, 1.165) is 5.69 Å². The van der Waals surface area contributed by atoms with Crippen LogP contribution in [0.25, 0.3) is 0 Å². The summed E-state index contributed by atoms with van der Waals surface area (Å²) in [5.41, 5.74) is 4.49. The molecule has 2 fully saturated rings. The summed E-state index contributed by atoms with van der Waals surface area (Å²) in [5, 5.41) is 11.0. The minimum absolute atomic E-state index is 0.0646. The quantitative estimate of drug-likeness (QED) is 0.465. The number of esters is 1. The van der Waals surface area contributed by atoms with Crippen molar-refractivity contribution in [2.45, 2.75) is 18.6 Å². The number of carbonyl (C=O) groups excluding carboxylic acids is 3. The van der Waals surface area contributed by atoms with Crippen molar-refractivity contribution in [2.24, 2.45) is 5.92 Å². The van der Waals surface area contributed by atoms with Gasteiger partial charge in [0.15, 0.2) is 0 Å². The fraction of sp³-hybridized carbons (Fsp3) is 0.318. The van der Waals surface area contributed by atoms with Gasteiger partial charge in [0.2, 0.25) is 11.8 Å². The number of anilines is 2. The van der Waals surface area contributed by atoms with Crippen molar-refractivity contribution in [2.75, 3.05) is 29.2 Å². The lowest BCUT2D eigenvalue weighted by Gasteiger charge is -2.37. The predicted molar refractivity (Wildman–Crippen MR) is 123 cm³/mol. The van der Waals surface area contributed by atoms with E-state index < -0.39 is 11.5 Å². The molecule has 10 heteroatoms. The molecule has 0 aliphatic carbocycles.